The SMILES string of the molecule is CCOC(=O)c1ccc(NC(C)c2ccccc2)cc1.Cl. The van der Waals surface area contributed by atoms with Crippen LogP contribution in [0.2, 0.25) is 0 Å². The molecule has 2 aromatic rings. The molecular weight excluding hydrogens is 286 g/mol. The molecule has 0 saturated carbocycles. The molecule has 21 heavy (non-hydrogen) atoms. The fraction of sp³-hybridized carbons (Fsp3) is 0.235. The molecule has 1 atom stereocenters. The summed E-state index contributed by atoms with van der Waals surface area (Å²) in [5.41, 5.74) is 2.78. The van der Waals surface area contributed by atoms with Crippen molar-refractivity contribution in [1.82, 2.24) is 0 Å². The smallest absolute Gasteiger partial charge is 0.338 e. The number of benzene rings is 2. The highest BCUT2D eigenvalue weighted by molar-refractivity contribution is 5.89. The van der Waals surface area contributed by atoms with Gasteiger partial charge in [0.2, 0.25) is 0 Å². The lowest BCUT2D eigenvalue weighted by Gasteiger charge is -2.15. The third kappa shape index (κ3) is 4.80. The lowest BCUT2D eigenvalue weighted by Crippen LogP contribution is -2.07. The van der Waals surface area contributed by atoms with Crippen LogP contribution in [0.5, 0.6) is 0 Å². The van der Waals surface area contributed by atoms with E-state index in [1.54, 1.807) is 19.1 Å². The van der Waals surface area contributed by atoms with Gasteiger partial charge in [0.05, 0.1) is 12.2 Å². The van der Waals surface area contributed by atoms with Crippen LogP contribution in [0.4, 0.5) is 5.69 Å². The number of esters is 1. The van der Waals surface area contributed by atoms with Crippen LogP contribution in [0.15, 0.2) is 54.6 Å². The van der Waals surface area contributed by atoms with E-state index in [0.717, 1.165) is 5.69 Å². The topological polar surface area (TPSA) is 38.3 Å². The van der Waals surface area contributed by atoms with Crippen LogP contribution < -0.4 is 5.32 Å². The predicted molar refractivity (Wildman–Crippen MR) is 88.1 cm³/mol. The van der Waals surface area contributed by atoms with Crippen LogP contribution in [0, 0.1) is 0 Å². The largest absolute Gasteiger partial charge is 0.462 e. The monoisotopic (exact) mass is 305 g/mol. The van der Waals surface area contributed by atoms with E-state index in [-0.39, 0.29) is 24.4 Å². The minimum absolute atomic E-state index is 0. The molecule has 0 amide bonds. The normalized spacial score (nSPS) is 11.1. The van der Waals surface area contributed by atoms with E-state index in [1.165, 1.54) is 5.56 Å². The van der Waals surface area contributed by atoms with E-state index in [1.807, 2.05) is 30.3 Å². The minimum atomic E-state index is -0.282. The molecule has 0 saturated heterocycles. The second-order valence-electron chi connectivity index (χ2n) is 4.57. The van der Waals surface area contributed by atoms with Crippen LogP contribution in [0.25, 0.3) is 0 Å². The van der Waals surface area contributed by atoms with Crippen LogP contribution in [0.3, 0.4) is 0 Å². The Labute approximate surface area is 131 Å². The van der Waals surface area contributed by atoms with E-state index < -0.39 is 0 Å². The first kappa shape index (κ1) is 17.1. The highest BCUT2D eigenvalue weighted by Crippen LogP contribution is 2.19. The second-order valence-corrected chi connectivity index (χ2v) is 4.57. The van der Waals surface area contributed by atoms with Gasteiger partial charge in [0.25, 0.3) is 0 Å². The third-order valence-corrected chi connectivity index (χ3v) is 3.08. The number of carbonyl (C=O) groups is 1. The summed E-state index contributed by atoms with van der Waals surface area (Å²) in [7, 11) is 0. The lowest BCUT2D eigenvalue weighted by molar-refractivity contribution is 0.0526. The van der Waals surface area contributed by atoms with Gasteiger partial charge in [0.15, 0.2) is 0 Å². The maximum Gasteiger partial charge on any atom is 0.338 e. The molecule has 2 aromatic carbocycles. The van der Waals surface area contributed by atoms with Gasteiger partial charge in [-0.1, -0.05) is 30.3 Å². The standard InChI is InChI=1S/C17H19NO2.ClH/c1-3-20-17(19)15-9-11-16(12-10-15)18-13(2)14-7-5-4-6-8-14;/h4-13,18H,3H2,1-2H3;1H. The van der Waals surface area contributed by atoms with Crippen molar-refractivity contribution in [1.29, 1.82) is 0 Å². The minimum Gasteiger partial charge on any atom is -0.462 e. The lowest BCUT2D eigenvalue weighted by atomic mass is 10.1. The molecule has 3 nitrogen and oxygen atoms in total. The summed E-state index contributed by atoms with van der Waals surface area (Å²) in [5, 5.41) is 3.40. The molecule has 0 fully saturated rings. The van der Waals surface area contributed by atoms with Crippen molar-refractivity contribution in [3.8, 4) is 0 Å². The zero-order valence-electron chi connectivity index (χ0n) is 12.2. The highest BCUT2D eigenvalue weighted by Gasteiger charge is 2.07. The molecule has 0 aliphatic carbocycles. The Balaban J connectivity index is 0.00000220. The van der Waals surface area contributed by atoms with E-state index in [9.17, 15) is 4.79 Å². The molecule has 112 valence electrons. The molecule has 0 spiro atoms. The number of hydrogen-bond donors (Lipinski definition) is 1. The summed E-state index contributed by atoms with van der Waals surface area (Å²) in [6.45, 7) is 4.30. The van der Waals surface area contributed by atoms with Gasteiger partial charge in [-0.3, -0.25) is 0 Å². The van der Waals surface area contributed by atoms with Gasteiger partial charge in [-0.15, -0.1) is 12.4 Å². The second kappa shape index (κ2) is 8.32. The average Bonchev–Trinajstić information content (AvgIpc) is 2.49. The molecular formula is C17H20ClNO2. The van der Waals surface area contributed by atoms with Crippen molar-refractivity contribution in [2.45, 2.75) is 19.9 Å². The van der Waals surface area contributed by atoms with Gasteiger partial charge < -0.3 is 10.1 Å². The van der Waals surface area contributed by atoms with Crippen LogP contribution in [-0.4, -0.2) is 12.6 Å². The molecule has 4 heteroatoms. The molecule has 0 aromatic heterocycles. The number of carbonyl (C=O) groups excluding carboxylic acids is 1. The number of anilines is 1. The van der Waals surface area contributed by atoms with E-state index in [4.69, 9.17) is 4.74 Å². The molecule has 0 bridgehead atoms. The number of nitrogens with one attached hydrogen (secondary N) is 1. The predicted octanol–water partition coefficient (Wildman–Crippen LogP) is 4.46. The summed E-state index contributed by atoms with van der Waals surface area (Å²) in [6, 6.07) is 17.8. The van der Waals surface area contributed by atoms with Crippen molar-refractivity contribution in [2.24, 2.45) is 0 Å². The first-order chi connectivity index (χ1) is 9.70. The maximum absolute atomic E-state index is 11.6. The fourth-order valence-electron chi connectivity index (χ4n) is 1.99. The average molecular weight is 306 g/mol. The van der Waals surface area contributed by atoms with Crippen LogP contribution >= 0.6 is 12.4 Å². The summed E-state index contributed by atoms with van der Waals surface area (Å²) < 4.78 is 4.96. The van der Waals surface area contributed by atoms with Crippen molar-refractivity contribution < 1.29 is 9.53 Å². The zero-order valence-corrected chi connectivity index (χ0v) is 13.0. The Kier molecular flexibility index (Phi) is 6.76. The summed E-state index contributed by atoms with van der Waals surface area (Å²) >= 11 is 0. The van der Waals surface area contributed by atoms with E-state index in [0.29, 0.717) is 12.2 Å². The maximum atomic E-state index is 11.6. The van der Waals surface area contributed by atoms with Gasteiger partial charge in [-0.2, -0.15) is 0 Å². The summed E-state index contributed by atoms with van der Waals surface area (Å²) in [4.78, 5) is 11.6. The van der Waals surface area contributed by atoms with Gasteiger partial charge >= 0.3 is 5.97 Å². The van der Waals surface area contributed by atoms with Gasteiger partial charge in [0.1, 0.15) is 0 Å². The van der Waals surface area contributed by atoms with E-state index in [2.05, 4.69) is 24.4 Å². The third-order valence-electron chi connectivity index (χ3n) is 3.08. The van der Waals surface area contributed by atoms with E-state index >= 15 is 0 Å². The van der Waals surface area contributed by atoms with Crippen molar-refractivity contribution in [2.75, 3.05) is 11.9 Å². The molecule has 2 rings (SSSR count). The van der Waals surface area contributed by atoms with Crippen molar-refractivity contribution in [3.63, 3.8) is 0 Å². The van der Waals surface area contributed by atoms with Gasteiger partial charge in [-0.25, -0.2) is 4.79 Å². The Bertz CT molecular complexity index is 555. The highest BCUT2D eigenvalue weighted by atomic mass is 35.5. The molecule has 0 heterocycles. The Hall–Kier alpha value is -2.00. The van der Waals surface area contributed by atoms with Gasteiger partial charge in [0, 0.05) is 11.7 Å². The molecule has 0 radical (unpaired) electrons. The zero-order chi connectivity index (χ0) is 14.4. The summed E-state index contributed by atoms with van der Waals surface area (Å²) in [5.74, 6) is -0.282. The number of ether oxygens (including phenoxy) is 1. The fourth-order valence-corrected chi connectivity index (χ4v) is 1.99. The Morgan fingerprint density at radius 1 is 1.10 bits per heavy atom. The molecule has 0 aliphatic heterocycles. The number of rotatable bonds is 5. The Morgan fingerprint density at radius 3 is 2.29 bits per heavy atom. The number of hydrogen-bond acceptors (Lipinski definition) is 3. The molecule has 0 aliphatic rings. The first-order valence-corrected chi connectivity index (χ1v) is 6.79. The summed E-state index contributed by atoms with van der Waals surface area (Å²) in [6.07, 6.45) is 0. The van der Waals surface area contributed by atoms with Crippen molar-refractivity contribution in [3.05, 3.63) is 65.7 Å². The number of halogens is 1. The first-order valence-electron chi connectivity index (χ1n) is 6.79. The Morgan fingerprint density at radius 2 is 1.71 bits per heavy atom. The van der Waals surface area contributed by atoms with Crippen molar-refractivity contribution >= 4 is 24.1 Å². The van der Waals surface area contributed by atoms with Gasteiger partial charge in [-0.05, 0) is 43.7 Å². The molecule has 1 N–H and O–H groups in total. The van der Waals surface area contributed by atoms with Crippen LogP contribution in [0.1, 0.15) is 35.8 Å². The van der Waals surface area contributed by atoms with Crippen LogP contribution in [-0.2, 0) is 4.74 Å². The molecule has 1 unspecified atom stereocenters. The quantitative estimate of drug-likeness (QED) is 0.829.